The van der Waals surface area contributed by atoms with Crippen LogP contribution in [0.15, 0.2) is 36.4 Å². The summed E-state index contributed by atoms with van der Waals surface area (Å²) in [6, 6.07) is 12.4. The maximum Gasteiger partial charge on any atom is 0.127 e. The summed E-state index contributed by atoms with van der Waals surface area (Å²) >= 11 is 1.73. The summed E-state index contributed by atoms with van der Waals surface area (Å²) in [7, 11) is 0. The number of thiophene rings is 1. The van der Waals surface area contributed by atoms with Gasteiger partial charge in [-0.05, 0) is 30.7 Å². The molecule has 2 nitrogen and oxygen atoms in total. The molecule has 3 heteroatoms. The average molecular weight is 247 g/mol. The van der Waals surface area contributed by atoms with Gasteiger partial charge in [0.25, 0.3) is 0 Å². The molecule has 0 spiro atoms. The first-order valence-corrected chi connectivity index (χ1v) is 6.67. The molecule has 2 N–H and O–H groups in total. The van der Waals surface area contributed by atoms with Crippen LogP contribution in [0.1, 0.15) is 18.2 Å². The number of hydrogen-bond donors (Lipinski definition) is 1. The molecule has 1 aromatic carbocycles. The minimum atomic E-state index is 0.600. The third-order valence-electron chi connectivity index (χ3n) is 2.48. The van der Waals surface area contributed by atoms with E-state index in [1.807, 2.05) is 18.2 Å². The summed E-state index contributed by atoms with van der Waals surface area (Å²) in [5.41, 5.74) is 6.80. The first-order chi connectivity index (χ1) is 8.35. The highest BCUT2D eigenvalue weighted by molar-refractivity contribution is 7.15. The van der Waals surface area contributed by atoms with Crippen LogP contribution in [-0.4, -0.2) is 6.61 Å². The Bertz CT molecular complexity index is 479. The van der Waals surface area contributed by atoms with Gasteiger partial charge in [0.05, 0.1) is 6.61 Å². The maximum atomic E-state index is 5.76. The molecule has 0 bridgehead atoms. The Balaban J connectivity index is 2.30. The van der Waals surface area contributed by atoms with Crippen LogP contribution in [0.4, 0.5) is 0 Å². The Labute approximate surface area is 106 Å². The van der Waals surface area contributed by atoms with Gasteiger partial charge in [-0.25, -0.2) is 0 Å². The lowest BCUT2D eigenvalue weighted by Crippen LogP contribution is -1.96. The van der Waals surface area contributed by atoms with E-state index in [1.165, 1.54) is 9.75 Å². The minimum absolute atomic E-state index is 0.600. The van der Waals surface area contributed by atoms with Crippen molar-refractivity contribution in [1.29, 1.82) is 0 Å². The second kappa shape index (κ2) is 5.84. The lowest BCUT2D eigenvalue weighted by molar-refractivity contribution is 0.319. The number of rotatable bonds is 5. The monoisotopic (exact) mass is 247 g/mol. The van der Waals surface area contributed by atoms with Gasteiger partial charge >= 0.3 is 0 Å². The topological polar surface area (TPSA) is 35.2 Å². The first kappa shape index (κ1) is 12.1. The molecule has 0 radical (unpaired) electrons. The highest BCUT2D eigenvalue weighted by Gasteiger charge is 2.07. The van der Waals surface area contributed by atoms with Gasteiger partial charge in [-0.1, -0.05) is 19.1 Å². The molecule has 17 heavy (non-hydrogen) atoms. The fraction of sp³-hybridized carbons (Fsp3) is 0.286. The highest BCUT2D eigenvalue weighted by atomic mass is 32.1. The summed E-state index contributed by atoms with van der Waals surface area (Å²) < 4.78 is 5.76. The molecule has 1 aromatic heterocycles. The third-order valence-corrected chi connectivity index (χ3v) is 3.62. The zero-order valence-electron chi connectivity index (χ0n) is 9.98. The van der Waals surface area contributed by atoms with Crippen molar-refractivity contribution >= 4 is 11.3 Å². The van der Waals surface area contributed by atoms with Gasteiger partial charge in [-0.15, -0.1) is 11.3 Å². The van der Waals surface area contributed by atoms with E-state index in [0.29, 0.717) is 6.54 Å². The van der Waals surface area contributed by atoms with E-state index in [2.05, 4.69) is 25.1 Å². The SMILES string of the molecule is CCCOc1ccccc1-c1ccc(CN)s1. The van der Waals surface area contributed by atoms with Crippen molar-refractivity contribution in [3.8, 4) is 16.2 Å². The van der Waals surface area contributed by atoms with Crippen molar-refractivity contribution in [2.75, 3.05) is 6.61 Å². The molecule has 0 unspecified atom stereocenters. The van der Waals surface area contributed by atoms with Gasteiger partial charge in [-0.2, -0.15) is 0 Å². The van der Waals surface area contributed by atoms with Gasteiger partial charge in [0.15, 0.2) is 0 Å². The molecule has 0 atom stereocenters. The van der Waals surface area contributed by atoms with E-state index in [9.17, 15) is 0 Å². The summed E-state index contributed by atoms with van der Waals surface area (Å²) in [6.45, 7) is 3.47. The van der Waals surface area contributed by atoms with Crippen LogP contribution >= 0.6 is 11.3 Å². The van der Waals surface area contributed by atoms with Crippen LogP contribution in [-0.2, 0) is 6.54 Å². The molecule has 0 amide bonds. The van der Waals surface area contributed by atoms with Crippen LogP contribution in [0.2, 0.25) is 0 Å². The van der Waals surface area contributed by atoms with Gasteiger partial charge in [0, 0.05) is 21.9 Å². The zero-order valence-corrected chi connectivity index (χ0v) is 10.8. The highest BCUT2D eigenvalue weighted by Crippen LogP contribution is 2.34. The predicted molar refractivity (Wildman–Crippen MR) is 73.4 cm³/mol. The largest absolute Gasteiger partial charge is 0.493 e. The van der Waals surface area contributed by atoms with Crippen LogP contribution in [0, 0.1) is 0 Å². The zero-order chi connectivity index (χ0) is 12.1. The Morgan fingerprint density at radius 1 is 1.18 bits per heavy atom. The normalized spacial score (nSPS) is 10.5. The second-order valence-electron chi connectivity index (χ2n) is 3.81. The Hall–Kier alpha value is -1.32. The van der Waals surface area contributed by atoms with E-state index < -0.39 is 0 Å². The standard InChI is InChI=1S/C14H17NOS/c1-2-9-16-13-6-4-3-5-12(13)14-8-7-11(10-15)17-14/h3-8H,2,9-10,15H2,1H3. The summed E-state index contributed by atoms with van der Waals surface area (Å²) in [6.07, 6.45) is 1.02. The van der Waals surface area contributed by atoms with Gasteiger partial charge < -0.3 is 10.5 Å². The number of benzene rings is 1. The van der Waals surface area contributed by atoms with Crippen LogP contribution in [0.5, 0.6) is 5.75 Å². The van der Waals surface area contributed by atoms with Gasteiger partial charge in [0.1, 0.15) is 5.75 Å². The molecule has 0 aliphatic carbocycles. The fourth-order valence-corrected chi connectivity index (χ4v) is 2.56. The molecule has 1 heterocycles. The van der Waals surface area contributed by atoms with Crippen LogP contribution in [0.25, 0.3) is 10.4 Å². The molecule has 2 rings (SSSR count). The molecule has 0 saturated heterocycles. The van der Waals surface area contributed by atoms with Crippen LogP contribution in [0.3, 0.4) is 0 Å². The van der Waals surface area contributed by atoms with E-state index >= 15 is 0 Å². The van der Waals surface area contributed by atoms with Crippen molar-refractivity contribution in [2.24, 2.45) is 5.73 Å². The summed E-state index contributed by atoms with van der Waals surface area (Å²) in [5, 5.41) is 0. The Morgan fingerprint density at radius 3 is 2.71 bits per heavy atom. The number of para-hydroxylation sites is 1. The molecule has 0 fully saturated rings. The smallest absolute Gasteiger partial charge is 0.127 e. The minimum Gasteiger partial charge on any atom is -0.493 e. The lowest BCUT2D eigenvalue weighted by atomic mass is 10.1. The Morgan fingerprint density at radius 2 is 2.00 bits per heavy atom. The Kier molecular flexibility index (Phi) is 4.18. The quantitative estimate of drug-likeness (QED) is 0.875. The summed E-state index contributed by atoms with van der Waals surface area (Å²) in [5.74, 6) is 0.958. The van der Waals surface area contributed by atoms with E-state index in [1.54, 1.807) is 11.3 Å². The molecular weight excluding hydrogens is 230 g/mol. The molecule has 90 valence electrons. The van der Waals surface area contributed by atoms with Crippen molar-refractivity contribution in [3.05, 3.63) is 41.3 Å². The van der Waals surface area contributed by atoms with E-state index in [4.69, 9.17) is 10.5 Å². The van der Waals surface area contributed by atoms with E-state index in [-0.39, 0.29) is 0 Å². The molecule has 2 aromatic rings. The van der Waals surface area contributed by atoms with Crippen LogP contribution < -0.4 is 10.5 Å². The maximum absolute atomic E-state index is 5.76. The van der Waals surface area contributed by atoms with Gasteiger partial charge in [-0.3, -0.25) is 0 Å². The lowest BCUT2D eigenvalue weighted by Gasteiger charge is -2.09. The predicted octanol–water partition coefficient (Wildman–Crippen LogP) is 3.66. The van der Waals surface area contributed by atoms with E-state index in [0.717, 1.165) is 24.3 Å². The fourth-order valence-electron chi connectivity index (χ4n) is 1.64. The summed E-state index contributed by atoms with van der Waals surface area (Å²) in [4.78, 5) is 2.42. The number of nitrogens with two attached hydrogens (primary N) is 1. The average Bonchev–Trinajstić information content (AvgIpc) is 2.85. The van der Waals surface area contributed by atoms with Crippen molar-refractivity contribution in [1.82, 2.24) is 0 Å². The molecule has 0 aliphatic heterocycles. The molecule has 0 saturated carbocycles. The third kappa shape index (κ3) is 2.87. The molecular formula is C14H17NOS. The second-order valence-corrected chi connectivity index (χ2v) is 4.98. The van der Waals surface area contributed by atoms with Gasteiger partial charge in [0.2, 0.25) is 0 Å². The van der Waals surface area contributed by atoms with Crippen molar-refractivity contribution in [3.63, 3.8) is 0 Å². The number of hydrogen-bond acceptors (Lipinski definition) is 3. The first-order valence-electron chi connectivity index (χ1n) is 5.86. The molecule has 0 aliphatic rings. The van der Waals surface area contributed by atoms with Crippen molar-refractivity contribution in [2.45, 2.75) is 19.9 Å². The number of ether oxygens (including phenoxy) is 1. The van der Waals surface area contributed by atoms with Crippen molar-refractivity contribution < 1.29 is 4.74 Å².